The van der Waals surface area contributed by atoms with Crippen LogP contribution in [0.4, 0.5) is 0 Å². The number of aliphatic imine (C=N–C) groups is 1. The Hall–Kier alpha value is -2.09. The molecule has 0 fully saturated rings. The predicted molar refractivity (Wildman–Crippen MR) is 87.3 cm³/mol. The smallest absolute Gasteiger partial charge is 0.118 e. The summed E-state index contributed by atoms with van der Waals surface area (Å²) >= 11 is 0. The third-order valence-electron chi connectivity index (χ3n) is 4.13. The zero-order valence-electron chi connectivity index (χ0n) is 12.5. The van der Waals surface area contributed by atoms with Crippen molar-refractivity contribution in [3.63, 3.8) is 0 Å². The van der Waals surface area contributed by atoms with E-state index in [9.17, 15) is 0 Å². The first-order chi connectivity index (χ1) is 10.3. The molecule has 1 heterocycles. The minimum Gasteiger partial charge on any atom is -0.497 e. The normalized spacial score (nSPS) is 17.6. The third kappa shape index (κ3) is 3.52. The first-order valence-corrected chi connectivity index (χ1v) is 7.55. The lowest BCUT2D eigenvalue weighted by Gasteiger charge is -2.13. The Kier molecular flexibility index (Phi) is 4.34. The van der Waals surface area contributed by atoms with E-state index >= 15 is 0 Å². The van der Waals surface area contributed by atoms with E-state index in [1.54, 1.807) is 7.11 Å². The predicted octanol–water partition coefficient (Wildman–Crippen LogP) is 3.94. The van der Waals surface area contributed by atoms with Gasteiger partial charge in [-0.05, 0) is 36.1 Å². The summed E-state index contributed by atoms with van der Waals surface area (Å²) in [5.74, 6) is 1.50. The van der Waals surface area contributed by atoms with Crippen LogP contribution in [0, 0.1) is 5.92 Å². The van der Waals surface area contributed by atoms with E-state index in [-0.39, 0.29) is 0 Å². The van der Waals surface area contributed by atoms with Crippen LogP contribution in [-0.4, -0.2) is 19.4 Å². The van der Waals surface area contributed by atoms with Gasteiger partial charge in [0.15, 0.2) is 0 Å². The molecule has 0 amide bonds. The Morgan fingerprint density at radius 1 is 1.00 bits per heavy atom. The van der Waals surface area contributed by atoms with Crippen LogP contribution in [0.5, 0.6) is 5.75 Å². The van der Waals surface area contributed by atoms with Crippen molar-refractivity contribution in [1.29, 1.82) is 0 Å². The fourth-order valence-electron chi connectivity index (χ4n) is 2.93. The second kappa shape index (κ2) is 6.57. The molecule has 108 valence electrons. The van der Waals surface area contributed by atoms with Crippen molar-refractivity contribution in [1.82, 2.24) is 0 Å². The van der Waals surface area contributed by atoms with E-state index in [0.29, 0.717) is 5.92 Å². The van der Waals surface area contributed by atoms with E-state index < -0.39 is 0 Å². The number of hydrogen-bond acceptors (Lipinski definition) is 2. The molecular weight excluding hydrogens is 258 g/mol. The van der Waals surface area contributed by atoms with Gasteiger partial charge >= 0.3 is 0 Å². The summed E-state index contributed by atoms with van der Waals surface area (Å²) in [5.41, 5.74) is 4.07. The molecule has 0 aliphatic carbocycles. The second-order valence-electron chi connectivity index (χ2n) is 5.57. The highest BCUT2D eigenvalue weighted by atomic mass is 16.5. The SMILES string of the molecule is COc1ccc(CC2=NCCC2Cc2ccccc2)cc1. The van der Waals surface area contributed by atoms with Crippen molar-refractivity contribution in [2.45, 2.75) is 19.3 Å². The summed E-state index contributed by atoms with van der Waals surface area (Å²) in [4.78, 5) is 4.74. The van der Waals surface area contributed by atoms with Crippen molar-refractivity contribution in [2.75, 3.05) is 13.7 Å². The number of methoxy groups -OCH3 is 1. The van der Waals surface area contributed by atoms with E-state index in [1.807, 2.05) is 12.1 Å². The van der Waals surface area contributed by atoms with Crippen LogP contribution in [0.3, 0.4) is 0 Å². The van der Waals surface area contributed by atoms with Crippen LogP contribution in [-0.2, 0) is 12.8 Å². The van der Waals surface area contributed by atoms with Gasteiger partial charge in [-0.3, -0.25) is 4.99 Å². The molecule has 0 radical (unpaired) electrons. The third-order valence-corrected chi connectivity index (χ3v) is 4.13. The molecule has 0 N–H and O–H groups in total. The van der Waals surface area contributed by atoms with E-state index in [2.05, 4.69) is 42.5 Å². The van der Waals surface area contributed by atoms with Crippen LogP contribution in [0.25, 0.3) is 0 Å². The van der Waals surface area contributed by atoms with Crippen LogP contribution >= 0.6 is 0 Å². The highest BCUT2D eigenvalue weighted by Gasteiger charge is 2.21. The van der Waals surface area contributed by atoms with Gasteiger partial charge in [-0.25, -0.2) is 0 Å². The Bertz CT molecular complexity index is 601. The summed E-state index contributed by atoms with van der Waals surface area (Å²) in [5, 5.41) is 0. The highest BCUT2D eigenvalue weighted by molar-refractivity contribution is 5.90. The molecular formula is C19H21NO. The number of rotatable bonds is 5. The van der Waals surface area contributed by atoms with E-state index in [1.165, 1.54) is 23.3 Å². The lowest BCUT2D eigenvalue weighted by atomic mass is 9.90. The molecule has 0 saturated carbocycles. The Labute approximate surface area is 126 Å². The molecule has 2 nitrogen and oxygen atoms in total. The molecule has 1 aliphatic rings. The first-order valence-electron chi connectivity index (χ1n) is 7.55. The summed E-state index contributed by atoms with van der Waals surface area (Å²) in [6.07, 6.45) is 3.25. The van der Waals surface area contributed by atoms with Gasteiger partial charge in [0.2, 0.25) is 0 Å². The van der Waals surface area contributed by atoms with Crippen molar-refractivity contribution < 1.29 is 4.74 Å². The lowest BCUT2D eigenvalue weighted by molar-refractivity contribution is 0.414. The maximum atomic E-state index is 5.21. The maximum Gasteiger partial charge on any atom is 0.118 e. The molecule has 1 atom stereocenters. The minimum atomic E-state index is 0.592. The molecule has 2 heteroatoms. The summed E-state index contributed by atoms with van der Waals surface area (Å²) in [6, 6.07) is 19.1. The molecule has 2 aromatic carbocycles. The zero-order chi connectivity index (χ0) is 14.5. The first kappa shape index (κ1) is 13.9. The second-order valence-corrected chi connectivity index (χ2v) is 5.57. The molecule has 0 saturated heterocycles. The van der Waals surface area contributed by atoms with Crippen molar-refractivity contribution in [3.8, 4) is 5.75 Å². The largest absolute Gasteiger partial charge is 0.497 e. The van der Waals surface area contributed by atoms with Crippen molar-refractivity contribution in [2.24, 2.45) is 10.9 Å². The number of nitrogens with zero attached hydrogens (tertiary/aromatic N) is 1. The van der Waals surface area contributed by atoms with Gasteiger partial charge < -0.3 is 4.74 Å². The standard InChI is InChI=1S/C19H21NO/c1-21-18-9-7-16(8-10-18)14-19-17(11-12-20-19)13-15-5-3-2-4-6-15/h2-10,17H,11-14H2,1H3. The fourth-order valence-corrected chi connectivity index (χ4v) is 2.93. The minimum absolute atomic E-state index is 0.592. The molecule has 2 aromatic rings. The average molecular weight is 279 g/mol. The van der Waals surface area contributed by atoms with Gasteiger partial charge in [-0.15, -0.1) is 0 Å². The van der Waals surface area contributed by atoms with Crippen LogP contribution in [0.1, 0.15) is 17.5 Å². The van der Waals surface area contributed by atoms with Gasteiger partial charge in [0.1, 0.15) is 5.75 Å². The summed E-state index contributed by atoms with van der Waals surface area (Å²) in [7, 11) is 1.70. The molecule has 0 aromatic heterocycles. The van der Waals surface area contributed by atoms with Crippen molar-refractivity contribution in [3.05, 3.63) is 65.7 Å². The molecule has 3 rings (SSSR count). The van der Waals surface area contributed by atoms with E-state index in [0.717, 1.165) is 25.1 Å². The zero-order valence-corrected chi connectivity index (χ0v) is 12.5. The van der Waals surface area contributed by atoms with Gasteiger partial charge in [0.05, 0.1) is 7.11 Å². The average Bonchev–Trinajstić information content (AvgIpc) is 2.96. The Morgan fingerprint density at radius 3 is 2.48 bits per heavy atom. The van der Waals surface area contributed by atoms with Gasteiger partial charge in [-0.1, -0.05) is 42.5 Å². The molecule has 21 heavy (non-hydrogen) atoms. The Morgan fingerprint density at radius 2 is 1.76 bits per heavy atom. The lowest BCUT2D eigenvalue weighted by Crippen LogP contribution is -2.15. The molecule has 0 bridgehead atoms. The summed E-state index contributed by atoms with van der Waals surface area (Å²) < 4.78 is 5.21. The molecule has 1 unspecified atom stereocenters. The van der Waals surface area contributed by atoms with Crippen LogP contribution in [0.15, 0.2) is 59.6 Å². The van der Waals surface area contributed by atoms with Crippen LogP contribution in [0.2, 0.25) is 0 Å². The van der Waals surface area contributed by atoms with Gasteiger partial charge in [0.25, 0.3) is 0 Å². The Balaban J connectivity index is 1.66. The van der Waals surface area contributed by atoms with E-state index in [4.69, 9.17) is 9.73 Å². The highest BCUT2D eigenvalue weighted by Crippen LogP contribution is 2.23. The topological polar surface area (TPSA) is 21.6 Å². The fraction of sp³-hybridized carbons (Fsp3) is 0.316. The van der Waals surface area contributed by atoms with Gasteiger partial charge in [0, 0.05) is 24.6 Å². The quantitative estimate of drug-likeness (QED) is 0.812. The molecule has 1 aliphatic heterocycles. The maximum absolute atomic E-state index is 5.21. The summed E-state index contributed by atoms with van der Waals surface area (Å²) in [6.45, 7) is 0.975. The van der Waals surface area contributed by atoms with Crippen LogP contribution < -0.4 is 4.74 Å². The number of hydrogen-bond donors (Lipinski definition) is 0. The number of ether oxygens (including phenoxy) is 1. The monoisotopic (exact) mass is 279 g/mol. The molecule has 0 spiro atoms. The van der Waals surface area contributed by atoms with Crippen molar-refractivity contribution >= 4 is 5.71 Å². The number of benzene rings is 2. The van der Waals surface area contributed by atoms with Gasteiger partial charge in [-0.2, -0.15) is 0 Å².